The first-order valence-electron chi connectivity index (χ1n) is 8.60. The molecule has 128 valence electrons. The zero-order valence-corrected chi connectivity index (χ0v) is 14.6. The maximum Gasteiger partial charge on any atom is 0.140 e. The first kappa shape index (κ1) is 15.7. The van der Waals surface area contributed by atoms with Crippen LogP contribution in [0.5, 0.6) is 5.75 Å². The van der Waals surface area contributed by atoms with Crippen LogP contribution in [-0.4, -0.2) is 43.3 Å². The standard InChI is InChI=1S/C20H22N4O/c1-15-4-3-5-18-19(15)20(22-14-21-18)24-12-10-23(11-13-24)16-6-8-17(25-2)9-7-16/h3-9,14H,10-13H2,1-2H3. The highest BCUT2D eigenvalue weighted by molar-refractivity contribution is 5.92. The number of rotatable bonds is 3. The average Bonchev–Trinajstić information content (AvgIpc) is 2.68. The zero-order valence-electron chi connectivity index (χ0n) is 14.6. The van der Waals surface area contributed by atoms with Crippen LogP contribution < -0.4 is 14.5 Å². The summed E-state index contributed by atoms with van der Waals surface area (Å²) in [5, 5.41) is 1.17. The van der Waals surface area contributed by atoms with Gasteiger partial charge in [0.05, 0.1) is 12.6 Å². The van der Waals surface area contributed by atoms with Crippen LogP contribution in [0.25, 0.3) is 10.9 Å². The summed E-state index contributed by atoms with van der Waals surface area (Å²) in [6.07, 6.45) is 1.67. The summed E-state index contributed by atoms with van der Waals surface area (Å²) in [5.74, 6) is 1.95. The van der Waals surface area contributed by atoms with Crippen LogP contribution in [0.4, 0.5) is 11.5 Å². The van der Waals surface area contributed by atoms with E-state index in [1.807, 2.05) is 12.1 Å². The lowest BCUT2D eigenvalue weighted by Crippen LogP contribution is -2.47. The summed E-state index contributed by atoms with van der Waals surface area (Å²) in [6.45, 7) is 5.98. The number of aromatic nitrogens is 2. The smallest absolute Gasteiger partial charge is 0.140 e. The fourth-order valence-electron chi connectivity index (χ4n) is 3.47. The minimum absolute atomic E-state index is 0.894. The second kappa shape index (κ2) is 6.59. The van der Waals surface area contributed by atoms with Crippen molar-refractivity contribution in [1.29, 1.82) is 0 Å². The van der Waals surface area contributed by atoms with Gasteiger partial charge in [0.1, 0.15) is 17.9 Å². The van der Waals surface area contributed by atoms with E-state index in [9.17, 15) is 0 Å². The Morgan fingerprint density at radius 1 is 0.880 bits per heavy atom. The van der Waals surface area contributed by atoms with Gasteiger partial charge in [0, 0.05) is 37.3 Å². The van der Waals surface area contributed by atoms with Crippen LogP contribution in [-0.2, 0) is 0 Å². The Kier molecular flexibility index (Phi) is 4.14. The van der Waals surface area contributed by atoms with Crippen molar-refractivity contribution < 1.29 is 4.74 Å². The third-order valence-electron chi connectivity index (χ3n) is 4.87. The van der Waals surface area contributed by atoms with E-state index in [-0.39, 0.29) is 0 Å². The van der Waals surface area contributed by atoms with Crippen LogP contribution in [0.3, 0.4) is 0 Å². The lowest BCUT2D eigenvalue weighted by atomic mass is 10.1. The molecule has 1 saturated heterocycles. The van der Waals surface area contributed by atoms with Crippen LogP contribution >= 0.6 is 0 Å². The van der Waals surface area contributed by atoms with Crippen LogP contribution in [0.2, 0.25) is 0 Å². The number of nitrogens with zero attached hydrogens (tertiary/aromatic N) is 4. The van der Waals surface area contributed by atoms with E-state index in [4.69, 9.17) is 4.74 Å². The SMILES string of the molecule is COc1ccc(N2CCN(c3ncnc4cccc(C)c34)CC2)cc1. The molecule has 0 N–H and O–H groups in total. The van der Waals surface area contributed by atoms with Crippen LogP contribution in [0, 0.1) is 6.92 Å². The summed E-state index contributed by atoms with van der Waals surface area (Å²) >= 11 is 0. The highest BCUT2D eigenvalue weighted by Gasteiger charge is 2.20. The Hall–Kier alpha value is -2.82. The molecule has 1 aliphatic rings. The summed E-state index contributed by atoms with van der Waals surface area (Å²) in [6, 6.07) is 14.5. The van der Waals surface area contributed by atoms with Gasteiger partial charge in [0.25, 0.3) is 0 Å². The van der Waals surface area contributed by atoms with Gasteiger partial charge in [-0.3, -0.25) is 0 Å². The Labute approximate surface area is 147 Å². The number of hydrogen-bond donors (Lipinski definition) is 0. The Morgan fingerprint density at radius 3 is 2.32 bits per heavy atom. The molecule has 0 unspecified atom stereocenters. The summed E-state index contributed by atoms with van der Waals surface area (Å²) < 4.78 is 5.24. The van der Waals surface area contributed by atoms with Gasteiger partial charge in [-0.1, -0.05) is 12.1 Å². The minimum Gasteiger partial charge on any atom is -0.497 e. The number of ether oxygens (including phenoxy) is 1. The number of fused-ring (bicyclic) bond motifs is 1. The summed E-state index contributed by atoms with van der Waals surface area (Å²) in [4.78, 5) is 13.8. The molecule has 0 aliphatic carbocycles. The fraction of sp³-hybridized carbons (Fsp3) is 0.300. The average molecular weight is 334 g/mol. The Balaban J connectivity index is 1.54. The van der Waals surface area contributed by atoms with Crippen molar-refractivity contribution in [2.45, 2.75) is 6.92 Å². The first-order chi connectivity index (χ1) is 12.3. The lowest BCUT2D eigenvalue weighted by Gasteiger charge is -2.37. The molecule has 0 spiro atoms. The monoisotopic (exact) mass is 334 g/mol. The van der Waals surface area contributed by atoms with E-state index in [1.165, 1.54) is 16.6 Å². The van der Waals surface area contributed by atoms with Crippen molar-refractivity contribution in [2.24, 2.45) is 0 Å². The number of piperazine rings is 1. The van der Waals surface area contributed by atoms with Gasteiger partial charge in [0.15, 0.2) is 0 Å². The van der Waals surface area contributed by atoms with Crippen molar-refractivity contribution in [3.05, 3.63) is 54.4 Å². The second-order valence-corrected chi connectivity index (χ2v) is 6.34. The normalized spacial score (nSPS) is 14.8. The topological polar surface area (TPSA) is 41.5 Å². The molecular formula is C20H22N4O. The first-order valence-corrected chi connectivity index (χ1v) is 8.60. The fourth-order valence-corrected chi connectivity index (χ4v) is 3.47. The molecule has 5 heteroatoms. The van der Waals surface area contributed by atoms with Gasteiger partial charge < -0.3 is 14.5 Å². The molecule has 1 aliphatic heterocycles. The maximum atomic E-state index is 5.24. The zero-order chi connectivity index (χ0) is 17.2. The van der Waals surface area contributed by atoms with Gasteiger partial charge in [-0.15, -0.1) is 0 Å². The molecular weight excluding hydrogens is 312 g/mol. The quantitative estimate of drug-likeness (QED) is 0.735. The number of methoxy groups -OCH3 is 1. The van der Waals surface area contributed by atoms with Crippen molar-refractivity contribution in [3.63, 3.8) is 0 Å². The highest BCUT2D eigenvalue weighted by atomic mass is 16.5. The highest BCUT2D eigenvalue weighted by Crippen LogP contribution is 2.28. The van der Waals surface area contributed by atoms with Crippen LogP contribution in [0.1, 0.15) is 5.56 Å². The molecule has 4 rings (SSSR count). The predicted octanol–water partition coefficient (Wildman–Crippen LogP) is 3.27. The minimum atomic E-state index is 0.894. The number of hydrogen-bond acceptors (Lipinski definition) is 5. The van der Waals surface area contributed by atoms with E-state index in [0.717, 1.165) is 43.3 Å². The second-order valence-electron chi connectivity index (χ2n) is 6.34. The molecule has 1 fully saturated rings. The van der Waals surface area contributed by atoms with Gasteiger partial charge in [-0.25, -0.2) is 9.97 Å². The molecule has 0 bridgehead atoms. The van der Waals surface area contributed by atoms with Crippen molar-refractivity contribution in [2.75, 3.05) is 43.1 Å². The van der Waals surface area contributed by atoms with E-state index < -0.39 is 0 Å². The molecule has 0 amide bonds. The van der Waals surface area contributed by atoms with Crippen molar-refractivity contribution >= 4 is 22.4 Å². The third-order valence-corrected chi connectivity index (χ3v) is 4.87. The van der Waals surface area contributed by atoms with E-state index in [1.54, 1.807) is 13.4 Å². The van der Waals surface area contributed by atoms with Gasteiger partial charge >= 0.3 is 0 Å². The molecule has 0 atom stereocenters. The summed E-state index contributed by atoms with van der Waals surface area (Å²) in [5.41, 5.74) is 3.48. The molecule has 25 heavy (non-hydrogen) atoms. The Morgan fingerprint density at radius 2 is 1.60 bits per heavy atom. The third kappa shape index (κ3) is 2.97. The van der Waals surface area contributed by atoms with E-state index in [2.05, 4.69) is 57.0 Å². The molecule has 2 aromatic carbocycles. The number of aryl methyl sites for hydroxylation is 1. The molecule has 0 saturated carbocycles. The number of benzene rings is 2. The number of anilines is 2. The van der Waals surface area contributed by atoms with E-state index in [0.29, 0.717) is 0 Å². The largest absolute Gasteiger partial charge is 0.497 e. The maximum absolute atomic E-state index is 5.24. The Bertz CT molecular complexity index is 865. The molecule has 2 heterocycles. The van der Waals surface area contributed by atoms with E-state index >= 15 is 0 Å². The van der Waals surface area contributed by atoms with Crippen molar-refractivity contribution in [3.8, 4) is 5.75 Å². The van der Waals surface area contributed by atoms with Gasteiger partial charge in [0.2, 0.25) is 0 Å². The lowest BCUT2D eigenvalue weighted by molar-refractivity contribution is 0.415. The molecule has 5 nitrogen and oxygen atoms in total. The van der Waals surface area contributed by atoms with Gasteiger partial charge in [-0.05, 0) is 42.8 Å². The van der Waals surface area contributed by atoms with Gasteiger partial charge in [-0.2, -0.15) is 0 Å². The van der Waals surface area contributed by atoms with Crippen LogP contribution in [0.15, 0.2) is 48.8 Å². The molecule has 0 radical (unpaired) electrons. The molecule has 3 aromatic rings. The molecule has 1 aromatic heterocycles. The van der Waals surface area contributed by atoms with Crippen molar-refractivity contribution in [1.82, 2.24) is 9.97 Å². The summed E-state index contributed by atoms with van der Waals surface area (Å²) in [7, 11) is 1.70. The predicted molar refractivity (Wildman–Crippen MR) is 102 cm³/mol.